The number of aromatic nitrogens is 4. The average Bonchev–Trinajstić information content (AvgIpc) is 2.97. The van der Waals surface area contributed by atoms with Crippen molar-refractivity contribution in [3.05, 3.63) is 23.6 Å². The van der Waals surface area contributed by atoms with Crippen LogP contribution in [0.15, 0.2) is 18.5 Å². The number of hydrogen-bond acceptors (Lipinski definition) is 7. The van der Waals surface area contributed by atoms with Crippen LogP contribution in [-0.4, -0.2) is 39.4 Å². The molecule has 0 aliphatic heterocycles. The zero-order chi connectivity index (χ0) is 16.4. The molecule has 0 bridgehead atoms. The number of hydrogen-bond donors (Lipinski definition) is 1. The van der Waals surface area contributed by atoms with E-state index in [1.165, 1.54) is 7.11 Å². The fourth-order valence-electron chi connectivity index (χ4n) is 2.61. The van der Waals surface area contributed by atoms with Crippen LogP contribution < -0.4 is 5.73 Å². The minimum Gasteiger partial charge on any atom is -0.438 e. The number of rotatable bonds is 3. The second-order valence-corrected chi connectivity index (χ2v) is 5.61. The molecule has 2 heterocycles. The molecule has 0 spiro atoms. The summed E-state index contributed by atoms with van der Waals surface area (Å²) in [4.78, 5) is 23.4. The van der Waals surface area contributed by atoms with E-state index in [1.54, 1.807) is 6.33 Å². The van der Waals surface area contributed by atoms with Crippen LogP contribution in [0.1, 0.15) is 18.9 Å². The highest BCUT2D eigenvalue weighted by Crippen LogP contribution is 2.30. The smallest absolute Gasteiger partial charge is 0.438 e. The predicted molar refractivity (Wildman–Crippen MR) is 84.0 cm³/mol. The van der Waals surface area contributed by atoms with E-state index in [0.29, 0.717) is 17.8 Å². The Labute approximate surface area is 137 Å². The molecule has 0 radical (unpaired) electrons. The first-order valence-electron chi connectivity index (χ1n) is 7.13. The average molecular weight is 338 g/mol. The van der Waals surface area contributed by atoms with E-state index in [2.05, 4.69) is 19.7 Å². The van der Waals surface area contributed by atoms with Crippen molar-refractivity contribution in [2.24, 2.45) is 5.92 Å². The Morgan fingerprint density at radius 1 is 1.43 bits per heavy atom. The number of anilines is 1. The maximum Gasteiger partial charge on any atom is 0.507 e. The molecular weight excluding hydrogens is 322 g/mol. The summed E-state index contributed by atoms with van der Waals surface area (Å²) in [6, 6.07) is 0.0970. The van der Waals surface area contributed by atoms with Crippen LogP contribution in [0.4, 0.5) is 10.7 Å². The number of fused-ring (bicyclic) bond motifs is 1. The molecule has 122 valence electrons. The van der Waals surface area contributed by atoms with Crippen molar-refractivity contribution < 1.29 is 14.3 Å². The molecule has 2 atom stereocenters. The maximum atomic E-state index is 11.0. The second kappa shape index (κ2) is 6.41. The SMILES string of the molecule is COC(=O)OC[C@@H]1C=C[C@H](n2cnc3c(Cl)nc(N)nc32)CC1. The highest BCUT2D eigenvalue weighted by atomic mass is 35.5. The van der Waals surface area contributed by atoms with E-state index >= 15 is 0 Å². The van der Waals surface area contributed by atoms with E-state index < -0.39 is 6.16 Å². The third kappa shape index (κ3) is 3.21. The van der Waals surface area contributed by atoms with Crippen molar-refractivity contribution in [3.8, 4) is 0 Å². The molecule has 23 heavy (non-hydrogen) atoms. The number of ether oxygens (including phenoxy) is 2. The van der Waals surface area contributed by atoms with Gasteiger partial charge in [-0.25, -0.2) is 9.78 Å². The summed E-state index contributed by atoms with van der Waals surface area (Å²) in [6.45, 7) is 0.307. The molecule has 0 unspecified atom stereocenters. The first-order valence-corrected chi connectivity index (χ1v) is 7.51. The first-order chi connectivity index (χ1) is 11.1. The molecule has 0 saturated carbocycles. The summed E-state index contributed by atoms with van der Waals surface area (Å²) >= 11 is 6.04. The van der Waals surface area contributed by atoms with Crippen LogP contribution in [0.3, 0.4) is 0 Å². The van der Waals surface area contributed by atoms with Gasteiger partial charge >= 0.3 is 6.16 Å². The summed E-state index contributed by atoms with van der Waals surface area (Å²) in [5, 5.41) is 0.246. The van der Waals surface area contributed by atoms with E-state index in [9.17, 15) is 4.79 Å². The normalized spacial score (nSPS) is 20.6. The molecule has 2 aromatic rings. The molecule has 1 aliphatic carbocycles. The summed E-state index contributed by atoms with van der Waals surface area (Å²) in [5.74, 6) is 0.289. The summed E-state index contributed by atoms with van der Waals surface area (Å²) in [5.41, 5.74) is 6.80. The van der Waals surface area contributed by atoms with Gasteiger partial charge in [0.1, 0.15) is 12.1 Å². The number of methoxy groups -OCH3 is 1. The highest BCUT2D eigenvalue weighted by Gasteiger charge is 2.21. The van der Waals surface area contributed by atoms with Gasteiger partial charge in [-0.2, -0.15) is 9.97 Å². The molecule has 1 aliphatic rings. The minimum absolute atomic E-state index is 0.0970. The van der Waals surface area contributed by atoms with Crippen molar-refractivity contribution in [2.75, 3.05) is 19.5 Å². The van der Waals surface area contributed by atoms with Crippen molar-refractivity contribution in [3.63, 3.8) is 0 Å². The van der Waals surface area contributed by atoms with Gasteiger partial charge in [0, 0.05) is 5.92 Å². The molecule has 8 nitrogen and oxygen atoms in total. The standard InChI is InChI=1S/C14H16ClN5O3/c1-22-14(21)23-6-8-2-4-9(5-3-8)20-7-17-10-11(15)18-13(16)19-12(10)20/h2,4,7-9H,3,5-6H2,1H3,(H2,16,18,19)/t8-,9+/m1/s1. The fourth-order valence-corrected chi connectivity index (χ4v) is 2.83. The molecule has 0 aromatic carbocycles. The third-order valence-corrected chi connectivity index (χ3v) is 4.04. The lowest BCUT2D eigenvalue weighted by atomic mass is 9.93. The topological polar surface area (TPSA) is 105 Å². The molecular formula is C14H16ClN5O3. The number of nitrogens with two attached hydrogens (primary N) is 1. The summed E-state index contributed by atoms with van der Waals surface area (Å²) in [7, 11) is 1.29. The maximum absolute atomic E-state index is 11.0. The van der Waals surface area contributed by atoms with Gasteiger partial charge in [0.15, 0.2) is 10.8 Å². The molecule has 0 saturated heterocycles. The van der Waals surface area contributed by atoms with E-state index in [-0.39, 0.29) is 23.1 Å². The molecule has 0 fully saturated rings. The molecule has 0 amide bonds. The number of halogens is 1. The highest BCUT2D eigenvalue weighted by molar-refractivity contribution is 6.33. The van der Waals surface area contributed by atoms with Gasteiger partial charge < -0.3 is 19.8 Å². The lowest BCUT2D eigenvalue weighted by molar-refractivity contribution is 0.0630. The molecule has 2 N–H and O–H groups in total. The number of carbonyl (C=O) groups excluding carboxylic acids is 1. The second-order valence-electron chi connectivity index (χ2n) is 5.25. The van der Waals surface area contributed by atoms with Crippen molar-refractivity contribution in [2.45, 2.75) is 18.9 Å². The Morgan fingerprint density at radius 2 is 2.26 bits per heavy atom. The van der Waals surface area contributed by atoms with E-state index in [0.717, 1.165) is 12.8 Å². The number of carbonyl (C=O) groups is 1. The van der Waals surface area contributed by atoms with Crippen LogP contribution in [0.25, 0.3) is 11.2 Å². The Hall–Kier alpha value is -2.35. The Kier molecular flexibility index (Phi) is 4.33. The fraction of sp³-hybridized carbons (Fsp3) is 0.429. The van der Waals surface area contributed by atoms with Gasteiger partial charge in [-0.3, -0.25) is 0 Å². The van der Waals surface area contributed by atoms with E-state index in [4.69, 9.17) is 22.1 Å². The van der Waals surface area contributed by atoms with Gasteiger partial charge in [0.05, 0.1) is 19.5 Å². The first kappa shape index (κ1) is 15.5. The largest absolute Gasteiger partial charge is 0.507 e. The van der Waals surface area contributed by atoms with Crippen LogP contribution in [0.2, 0.25) is 5.15 Å². The zero-order valence-corrected chi connectivity index (χ0v) is 13.2. The van der Waals surface area contributed by atoms with Crippen LogP contribution in [0.5, 0.6) is 0 Å². The number of nitrogens with zero attached hydrogens (tertiary/aromatic N) is 4. The lowest BCUT2D eigenvalue weighted by Crippen LogP contribution is -2.18. The van der Waals surface area contributed by atoms with Gasteiger partial charge in [-0.1, -0.05) is 23.8 Å². The number of imidazole rings is 1. The molecule has 9 heteroatoms. The Morgan fingerprint density at radius 3 is 2.96 bits per heavy atom. The lowest BCUT2D eigenvalue weighted by Gasteiger charge is -2.23. The van der Waals surface area contributed by atoms with Crippen molar-refractivity contribution in [1.29, 1.82) is 0 Å². The van der Waals surface area contributed by atoms with Crippen molar-refractivity contribution >= 4 is 34.9 Å². The summed E-state index contributed by atoms with van der Waals surface area (Å²) in [6.07, 6.45) is 6.82. The Bertz CT molecular complexity index is 760. The minimum atomic E-state index is -0.664. The summed E-state index contributed by atoms with van der Waals surface area (Å²) < 4.78 is 11.4. The number of nitrogen functional groups attached to an aromatic ring is 1. The van der Waals surface area contributed by atoms with E-state index in [1.807, 2.05) is 16.7 Å². The van der Waals surface area contributed by atoms with Crippen LogP contribution in [0, 0.1) is 5.92 Å². The zero-order valence-electron chi connectivity index (χ0n) is 12.5. The van der Waals surface area contributed by atoms with Crippen LogP contribution >= 0.6 is 11.6 Å². The monoisotopic (exact) mass is 337 g/mol. The quantitative estimate of drug-likeness (QED) is 0.520. The van der Waals surface area contributed by atoms with Gasteiger partial charge in [0.2, 0.25) is 5.95 Å². The third-order valence-electron chi connectivity index (χ3n) is 3.77. The van der Waals surface area contributed by atoms with Gasteiger partial charge in [0.25, 0.3) is 0 Å². The molecule has 2 aromatic heterocycles. The molecule has 3 rings (SSSR count). The Balaban J connectivity index is 1.76. The number of allylic oxidation sites excluding steroid dienone is 1. The van der Waals surface area contributed by atoms with Crippen molar-refractivity contribution in [1.82, 2.24) is 19.5 Å². The van der Waals surface area contributed by atoms with Gasteiger partial charge in [-0.05, 0) is 12.8 Å². The van der Waals surface area contributed by atoms with Gasteiger partial charge in [-0.15, -0.1) is 0 Å². The van der Waals surface area contributed by atoms with Crippen LogP contribution in [-0.2, 0) is 9.47 Å². The predicted octanol–water partition coefficient (Wildman–Crippen LogP) is 2.35.